The Kier molecular flexibility index (Phi) is 10.8. The van der Waals surface area contributed by atoms with Crippen LogP contribution in [0.4, 0.5) is 5.69 Å². The zero-order chi connectivity index (χ0) is 28.6. The van der Waals surface area contributed by atoms with Crippen molar-refractivity contribution in [2.24, 2.45) is 0 Å². The van der Waals surface area contributed by atoms with Crippen molar-refractivity contribution >= 4 is 50.7 Å². The standard InChI is InChI=1S/C29H33Cl2N3O4S/c1-4-21(2)32-29(36)27(15-22-11-7-5-8-12-22)33(19-23-13-9-6-10-14-23)28(35)20-34(39(3,37)38)26-17-24(30)16-25(31)18-26/h5-14,16-18,21,27H,4,15,19-20H2,1-3H3,(H,32,36)/t21-,27+/m1/s1. The maximum atomic E-state index is 14.0. The summed E-state index contributed by atoms with van der Waals surface area (Å²) in [4.78, 5) is 29.1. The van der Waals surface area contributed by atoms with E-state index in [1.165, 1.54) is 23.1 Å². The highest BCUT2D eigenvalue weighted by Gasteiger charge is 2.33. The van der Waals surface area contributed by atoms with Gasteiger partial charge in [0.25, 0.3) is 0 Å². The fourth-order valence-electron chi connectivity index (χ4n) is 4.07. The maximum absolute atomic E-state index is 14.0. The number of hydrogen-bond donors (Lipinski definition) is 1. The molecule has 0 bridgehead atoms. The van der Waals surface area contributed by atoms with Crippen LogP contribution in [0.5, 0.6) is 0 Å². The molecule has 1 N–H and O–H groups in total. The Bertz CT molecular complexity index is 1350. The monoisotopic (exact) mass is 589 g/mol. The molecule has 0 aliphatic carbocycles. The van der Waals surface area contributed by atoms with Gasteiger partial charge >= 0.3 is 0 Å². The lowest BCUT2D eigenvalue weighted by Gasteiger charge is -2.34. The lowest BCUT2D eigenvalue weighted by Crippen LogP contribution is -2.54. The van der Waals surface area contributed by atoms with Crippen molar-refractivity contribution in [2.75, 3.05) is 17.1 Å². The molecule has 0 saturated carbocycles. The average molecular weight is 591 g/mol. The van der Waals surface area contributed by atoms with E-state index >= 15 is 0 Å². The number of benzene rings is 3. The molecule has 0 aliphatic rings. The van der Waals surface area contributed by atoms with E-state index in [2.05, 4.69) is 5.32 Å². The molecular weight excluding hydrogens is 557 g/mol. The Morgan fingerprint density at radius 1 is 0.897 bits per heavy atom. The molecular formula is C29H33Cl2N3O4S. The first-order chi connectivity index (χ1) is 18.5. The fourth-order valence-corrected chi connectivity index (χ4v) is 5.42. The summed E-state index contributed by atoms with van der Waals surface area (Å²) in [5.41, 5.74) is 1.83. The van der Waals surface area contributed by atoms with Gasteiger partial charge in [-0.05, 0) is 42.7 Å². The summed E-state index contributed by atoms with van der Waals surface area (Å²) < 4.78 is 26.6. The van der Waals surface area contributed by atoms with Gasteiger partial charge in [-0.15, -0.1) is 0 Å². The first kappa shape index (κ1) is 30.5. The topological polar surface area (TPSA) is 86.8 Å². The predicted octanol–water partition coefficient (Wildman–Crippen LogP) is 5.31. The van der Waals surface area contributed by atoms with Gasteiger partial charge in [-0.25, -0.2) is 8.42 Å². The molecule has 2 amide bonds. The number of sulfonamides is 1. The maximum Gasteiger partial charge on any atom is 0.244 e. The lowest BCUT2D eigenvalue weighted by atomic mass is 10.0. The SMILES string of the molecule is CC[C@@H](C)NC(=O)[C@H](Cc1ccccc1)N(Cc1ccccc1)C(=O)CN(c1cc(Cl)cc(Cl)c1)S(C)(=O)=O. The normalized spacial score (nSPS) is 12.8. The number of carbonyl (C=O) groups is 2. The van der Waals surface area contributed by atoms with E-state index in [9.17, 15) is 18.0 Å². The van der Waals surface area contributed by atoms with E-state index in [0.717, 1.165) is 21.7 Å². The second kappa shape index (κ2) is 13.8. The van der Waals surface area contributed by atoms with Gasteiger partial charge in [0.1, 0.15) is 12.6 Å². The summed E-state index contributed by atoms with van der Waals surface area (Å²) in [6.07, 6.45) is 1.98. The molecule has 208 valence electrons. The van der Waals surface area contributed by atoms with Gasteiger partial charge < -0.3 is 10.2 Å². The minimum absolute atomic E-state index is 0.106. The Labute approximate surface area is 240 Å². The number of carbonyl (C=O) groups excluding carboxylic acids is 2. The summed E-state index contributed by atoms with van der Waals surface area (Å²) in [7, 11) is -3.91. The molecule has 2 atom stereocenters. The molecule has 3 rings (SSSR count). The van der Waals surface area contributed by atoms with Crippen molar-refractivity contribution in [2.45, 2.75) is 45.3 Å². The second-order valence-corrected chi connectivity index (χ2v) is 12.2. The van der Waals surface area contributed by atoms with Gasteiger partial charge in [0.05, 0.1) is 11.9 Å². The molecule has 0 radical (unpaired) electrons. The number of halogens is 2. The summed E-state index contributed by atoms with van der Waals surface area (Å²) >= 11 is 12.3. The van der Waals surface area contributed by atoms with Crippen LogP contribution in [0.2, 0.25) is 10.0 Å². The van der Waals surface area contributed by atoms with Crippen LogP contribution in [-0.2, 0) is 32.6 Å². The quantitative estimate of drug-likeness (QED) is 0.310. The van der Waals surface area contributed by atoms with Crippen molar-refractivity contribution in [1.82, 2.24) is 10.2 Å². The number of anilines is 1. The zero-order valence-electron chi connectivity index (χ0n) is 22.2. The molecule has 39 heavy (non-hydrogen) atoms. The first-order valence-corrected chi connectivity index (χ1v) is 15.2. The summed E-state index contributed by atoms with van der Waals surface area (Å²) in [6.45, 7) is 3.43. The Morgan fingerprint density at radius 2 is 1.44 bits per heavy atom. The molecule has 0 aliphatic heterocycles. The highest BCUT2D eigenvalue weighted by Crippen LogP contribution is 2.27. The van der Waals surface area contributed by atoms with Crippen molar-refractivity contribution in [3.05, 3.63) is 100 Å². The molecule has 0 heterocycles. The van der Waals surface area contributed by atoms with Crippen LogP contribution < -0.4 is 9.62 Å². The third-order valence-electron chi connectivity index (χ3n) is 6.28. The van der Waals surface area contributed by atoms with Crippen molar-refractivity contribution in [1.29, 1.82) is 0 Å². The lowest BCUT2D eigenvalue weighted by molar-refractivity contribution is -0.140. The van der Waals surface area contributed by atoms with Gasteiger partial charge in [0.15, 0.2) is 0 Å². The fraction of sp³-hybridized carbons (Fsp3) is 0.310. The highest BCUT2D eigenvalue weighted by atomic mass is 35.5. The van der Waals surface area contributed by atoms with Crippen molar-refractivity contribution in [3.63, 3.8) is 0 Å². The van der Waals surface area contributed by atoms with Crippen LogP contribution in [-0.4, -0.2) is 50.0 Å². The van der Waals surface area contributed by atoms with Crippen LogP contribution in [0.15, 0.2) is 78.9 Å². The third kappa shape index (κ3) is 8.98. The third-order valence-corrected chi connectivity index (χ3v) is 7.86. The Balaban J connectivity index is 2.05. The van der Waals surface area contributed by atoms with E-state index in [4.69, 9.17) is 23.2 Å². The number of hydrogen-bond acceptors (Lipinski definition) is 4. The van der Waals surface area contributed by atoms with E-state index in [-0.39, 0.29) is 40.6 Å². The summed E-state index contributed by atoms with van der Waals surface area (Å²) in [5, 5.41) is 3.46. The molecule has 0 fully saturated rings. The summed E-state index contributed by atoms with van der Waals surface area (Å²) in [5.74, 6) is -0.852. The van der Waals surface area contributed by atoms with Crippen molar-refractivity contribution < 1.29 is 18.0 Å². The molecule has 0 spiro atoms. The van der Waals surface area contributed by atoms with Gasteiger partial charge in [0.2, 0.25) is 21.8 Å². The predicted molar refractivity (Wildman–Crippen MR) is 157 cm³/mol. The molecule has 7 nitrogen and oxygen atoms in total. The number of rotatable bonds is 12. The number of amides is 2. The van der Waals surface area contributed by atoms with Crippen LogP contribution in [0.1, 0.15) is 31.4 Å². The van der Waals surface area contributed by atoms with Crippen LogP contribution in [0.25, 0.3) is 0 Å². The van der Waals surface area contributed by atoms with E-state index in [1.807, 2.05) is 74.5 Å². The molecule has 3 aromatic rings. The number of nitrogens with one attached hydrogen (secondary N) is 1. The van der Waals surface area contributed by atoms with Gasteiger partial charge in [-0.3, -0.25) is 13.9 Å². The van der Waals surface area contributed by atoms with E-state index in [1.54, 1.807) is 0 Å². The van der Waals surface area contributed by atoms with E-state index in [0.29, 0.717) is 6.42 Å². The van der Waals surface area contributed by atoms with Gasteiger partial charge in [0, 0.05) is 29.1 Å². The Hall–Kier alpha value is -3.07. The zero-order valence-corrected chi connectivity index (χ0v) is 24.5. The molecule has 10 heteroatoms. The van der Waals surface area contributed by atoms with Gasteiger partial charge in [-0.1, -0.05) is 90.8 Å². The molecule has 3 aromatic carbocycles. The minimum Gasteiger partial charge on any atom is -0.352 e. The smallest absolute Gasteiger partial charge is 0.244 e. The summed E-state index contributed by atoms with van der Waals surface area (Å²) in [6, 6.07) is 22.0. The minimum atomic E-state index is -3.91. The first-order valence-electron chi connectivity index (χ1n) is 12.6. The van der Waals surface area contributed by atoms with Crippen LogP contribution in [0, 0.1) is 0 Å². The second-order valence-electron chi connectivity index (χ2n) is 9.43. The molecule has 0 saturated heterocycles. The van der Waals surface area contributed by atoms with Crippen LogP contribution >= 0.6 is 23.2 Å². The van der Waals surface area contributed by atoms with E-state index < -0.39 is 28.5 Å². The van der Waals surface area contributed by atoms with Gasteiger partial charge in [-0.2, -0.15) is 0 Å². The highest BCUT2D eigenvalue weighted by molar-refractivity contribution is 7.92. The van der Waals surface area contributed by atoms with Crippen molar-refractivity contribution in [3.8, 4) is 0 Å². The molecule has 0 unspecified atom stereocenters. The largest absolute Gasteiger partial charge is 0.352 e. The van der Waals surface area contributed by atoms with Crippen LogP contribution in [0.3, 0.4) is 0 Å². The Morgan fingerprint density at radius 3 is 1.95 bits per heavy atom. The molecule has 0 aromatic heterocycles. The number of nitrogens with zero attached hydrogens (tertiary/aromatic N) is 2. The average Bonchev–Trinajstić information content (AvgIpc) is 2.88.